The van der Waals surface area contributed by atoms with Crippen LogP contribution in [0.1, 0.15) is 21.7 Å². The molecule has 27 heavy (non-hydrogen) atoms. The van der Waals surface area contributed by atoms with E-state index in [0.29, 0.717) is 36.0 Å². The molecule has 0 radical (unpaired) electrons. The molecule has 4 rings (SSSR count). The van der Waals surface area contributed by atoms with Gasteiger partial charge in [-0.25, -0.2) is 0 Å². The summed E-state index contributed by atoms with van der Waals surface area (Å²) in [5, 5.41) is 2.93. The third-order valence-corrected chi connectivity index (χ3v) is 5.19. The van der Waals surface area contributed by atoms with Crippen LogP contribution < -0.4 is 14.8 Å². The Hall–Kier alpha value is -2.73. The Labute approximate surface area is 166 Å². The Kier molecular flexibility index (Phi) is 4.66. The fraction of sp³-hybridized carbons (Fsp3) is 0.190. The lowest BCUT2D eigenvalue weighted by molar-refractivity contribution is 0.102. The Morgan fingerprint density at radius 2 is 1.56 bits per heavy atom. The highest BCUT2D eigenvalue weighted by atomic mass is 79.9. The number of halogens is 1. The number of ether oxygens (including phenoxy) is 2. The molecule has 5 nitrogen and oxygen atoms in total. The van der Waals surface area contributed by atoms with Crippen LogP contribution in [0.15, 0.2) is 53.0 Å². The Bertz CT molecular complexity index is 990. The van der Waals surface area contributed by atoms with E-state index < -0.39 is 0 Å². The smallest absolute Gasteiger partial charge is 0.255 e. The van der Waals surface area contributed by atoms with E-state index >= 15 is 0 Å². The molecule has 0 saturated carbocycles. The van der Waals surface area contributed by atoms with Crippen molar-refractivity contribution in [2.75, 3.05) is 18.5 Å². The molecular formula is C21H19BrN2O3. The number of amides is 1. The van der Waals surface area contributed by atoms with Crippen LogP contribution in [0.25, 0.3) is 5.69 Å². The molecule has 0 fully saturated rings. The second kappa shape index (κ2) is 7.12. The van der Waals surface area contributed by atoms with Crippen LogP contribution in [-0.4, -0.2) is 23.7 Å². The van der Waals surface area contributed by atoms with Crippen molar-refractivity contribution in [3.05, 3.63) is 70.0 Å². The minimum Gasteiger partial charge on any atom is -0.486 e. The maximum atomic E-state index is 12.7. The molecule has 1 aromatic heterocycles. The van der Waals surface area contributed by atoms with E-state index in [1.54, 1.807) is 6.07 Å². The number of carbonyl (C=O) groups is 1. The van der Waals surface area contributed by atoms with Gasteiger partial charge in [0.2, 0.25) is 0 Å². The fourth-order valence-electron chi connectivity index (χ4n) is 3.19. The first-order valence-electron chi connectivity index (χ1n) is 8.69. The first kappa shape index (κ1) is 17.7. The van der Waals surface area contributed by atoms with Gasteiger partial charge in [0.25, 0.3) is 5.91 Å². The predicted octanol–water partition coefficient (Wildman–Crippen LogP) is 4.88. The van der Waals surface area contributed by atoms with Gasteiger partial charge in [-0.1, -0.05) is 0 Å². The molecular weight excluding hydrogens is 408 g/mol. The second-order valence-corrected chi connectivity index (χ2v) is 7.28. The number of nitrogens with one attached hydrogen (secondary N) is 1. The number of rotatable bonds is 3. The third-order valence-electron chi connectivity index (χ3n) is 4.54. The summed E-state index contributed by atoms with van der Waals surface area (Å²) in [6.45, 7) is 5.15. The van der Waals surface area contributed by atoms with Crippen molar-refractivity contribution in [1.82, 2.24) is 4.57 Å². The minimum absolute atomic E-state index is 0.181. The molecule has 138 valence electrons. The maximum Gasteiger partial charge on any atom is 0.255 e. The fourth-order valence-corrected chi connectivity index (χ4v) is 3.61. The van der Waals surface area contributed by atoms with Gasteiger partial charge in [-0.2, -0.15) is 0 Å². The average molecular weight is 427 g/mol. The molecule has 0 unspecified atom stereocenters. The lowest BCUT2D eigenvalue weighted by Gasteiger charge is -2.20. The van der Waals surface area contributed by atoms with Crippen molar-refractivity contribution >= 4 is 27.5 Å². The van der Waals surface area contributed by atoms with Crippen LogP contribution >= 0.6 is 15.9 Å². The largest absolute Gasteiger partial charge is 0.486 e. The van der Waals surface area contributed by atoms with Gasteiger partial charge >= 0.3 is 0 Å². The van der Waals surface area contributed by atoms with Gasteiger partial charge in [-0.15, -0.1) is 0 Å². The summed E-state index contributed by atoms with van der Waals surface area (Å²) in [7, 11) is 0. The van der Waals surface area contributed by atoms with E-state index in [0.717, 1.165) is 21.5 Å². The zero-order chi connectivity index (χ0) is 19.0. The van der Waals surface area contributed by atoms with Crippen LogP contribution in [0.3, 0.4) is 0 Å². The lowest BCUT2D eigenvalue weighted by Crippen LogP contribution is -2.17. The van der Waals surface area contributed by atoms with E-state index in [-0.39, 0.29) is 5.91 Å². The first-order chi connectivity index (χ1) is 13.0. The zero-order valence-electron chi connectivity index (χ0n) is 15.1. The molecule has 1 N–H and O–H groups in total. The molecule has 0 spiro atoms. The van der Waals surface area contributed by atoms with Crippen LogP contribution in [-0.2, 0) is 0 Å². The number of benzene rings is 2. The predicted molar refractivity (Wildman–Crippen MR) is 108 cm³/mol. The van der Waals surface area contributed by atoms with Gasteiger partial charge in [-0.3, -0.25) is 4.79 Å². The standard InChI is InChI=1S/C21H19BrN2O3/c1-13-3-4-14(2)24(13)16-7-5-15(6-8-16)21(25)23-18-12-20-19(11-17(18)22)26-9-10-27-20/h3-8,11-12H,9-10H2,1-2H3,(H,23,25). The highest BCUT2D eigenvalue weighted by Gasteiger charge is 2.17. The summed E-state index contributed by atoms with van der Waals surface area (Å²) < 4.78 is 14.0. The topological polar surface area (TPSA) is 52.5 Å². The highest BCUT2D eigenvalue weighted by Crippen LogP contribution is 2.38. The summed E-state index contributed by atoms with van der Waals surface area (Å²) in [5.74, 6) is 1.13. The van der Waals surface area contributed by atoms with E-state index in [2.05, 4.69) is 51.8 Å². The molecule has 1 amide bonds. The molecule has 0 saturated heterocycles. The van der Waals surface area contributed by atoms with Crippen molar-refractivity contribution < 1.29 is 14.3 Å². The van der Waals surface area contributed by atoms with Gasteiger partial charge in [0, 0.05) is 39.2 Å². The number of hydrogen-bond acceptors (Lipinski definition) is 3. The van der Waals surface area contributed by atoms with Crippen LogP contribution in [0.4, 0.5) is 5.69 Å². The number of nitrogens with zero attached hydrogens (tertiary/aromatic N) is 1. The highest BCUT2D eigenvalue weighted by molar-refractivity contribution is 9.10. The van der Waals surface area contributed by atoms with E-state index in [9.17, 15) is 4.79 Å². The number of hydrogen-bond donors (Lipinski definition) is 1. The van der Waals surface area contributed by atoms with E-state index in [1.807, 2.05) is 30.3 Å². The van der Waals surface area contributed by atoms with Crippen LogP contribution in [0.2, 0.25) is 0 Å². The third kappa shape index (κ3) is 3.45. The molecule has 2 heterocycles. The summed E-state index contributed by atoms with van der Waals surface area (Å²) in [5.41, 5.74) is 4.58. The van der Waals surface area contributed by atoms with Crippen molar-refractivity contribution in [3.8, 4) is 17.2 Å². The monoisotopic (exact) mass is 426 g/mol. The van der Waals surface area contributed by atoms with Crippen LogP contribution in [0.5, 0.6) is 11.5 Å². The Morgan fingerprint density at radius 1 is 0.963 bits per heavy atom. The molecule has 2 aromatic carbocycles. The molecule has 0 bridgehead atoms. The molecule has 6 heteroatoms. The minimum atomic E-state index is -0.181. The van der Waals surface area contributed by atoms with Crippen molar-refractivity contribution in [3.63, 3.8) is 0 Å². The molecule has 0 aliphatic carbocycles. The molecule has 0 atom stereocenters. The van der Waals surface area contributed by atoms with Gasteiger partial charge in [0.1, 0.15) is 13.2 Å². The molecule has 1 aliphatic heterocycles. The molecule has 1 aliphatic rings. The quantitative estimate of drug-likeness (QED) is 0.648. The van der Waals surface area contributed by atoms with E-state index in [4.69, 9.17) is 9.47 Å². The van der Waals surface area contributed by atoms with Crippen molar-refractivity contribution in [2.24, 2.45) is 0 Å². The van der Waals surface area contributed by atoms with Crippen molar-refractivity contribution in [1.29, 1.82) is 0 Å². The summed E-state index contributed by atoms with van der Waals surface area (Å²) >= 11 is 3.48. The van der Waals surface area contributed by atoms with E-state index in [1.165, 1.54) is 0 Å². The number of carbonyl (C=O) groups excluding carboxylic acids is 1. The first-order valence-corrected chi connectivity index (χ1v) is 9.48. The average Bonchev–Trinajstić information content (AvgIpc) is 3.01. The maximum absolute atomic E-state index is 12.7. The number of anilines is 1. The van der Waals surface area contributed by atoms with Gasteiger partial charge in [0.15, 0.2) is 11.5 Å². The van der Waals surface area contributed by atoms with Crippen LogP contribution in [0, 0.1) is 13.8 Å². The zero-order valence-corrected chi connectivity index (χ0v) is 16.7. The second-order valence-electron chi connectivity index (χ2n) is 6.43. The van der Waals surface area contributed by atoms with Gasteiger partial charge in [-0.05, 0) is 66.2 Å². The summed E-state index contributed by atoms with van der Waals surface area (Å²) in [6, 6.07) is 15.3. The summed E-state index contributed by atoms with van der Waals surface area (Å²) in [4.78, 5) is 12.7. The Balaban J connectivity index is 1.55. The number of aromatic nitrogens is 1. The van der Waals surface area contributed by atoms with Gasteiger partial charge in [0.05, 0.1) is 5.69 Å². The SMILES string of the molecule is Cc1ccc(C)n1-c1ccc(C(=O)Nc2cc3c(cc2Br)OCCO3)cc1. The van der Waals surface area contributed by atoms with Crippen molar-refractivity contribution in [2.45, 2.75) is 13.8 Å². The van der Waals surface area contributed by atoms with Gasteiger partial charge < -0.3 is 19.4 Å². The molecule has 3 aromatic rings. The Morgan fingerprint density at radius 3 is 2.19 bits per heavy atom. The number of aryl methyl sites for hydroxylation is 2. The lowest BCUT2D eigenvalue weighted by atomic mass is 10.1. The normalized spacial score (nSPS) is 12.7. The summed E-state index contributed by atoms with van der Waals surface area (Å²) in [6.07, 6.45) is 0. The number of fused-ring (bicyclic) bond motifs is 1.